The van der Waals surface area contributed by atoms with Gasteiger partial charge in [-0.05, 0) is 35.4 Å². The Balaban J connectivity index is 1.71. The first-order valence-electron chi connectivity index (χ1n) is 8.05. The molecule has 4 nitrogen and oxygen atoms in total. The van der Waals surface area contributed by atoms with Crippen molar-refractivity contribution in [3.05, 3.63) is 81.3 Å². The molecule has 11 heteroatoms. The van der Waals surface area contributed by atoms with E-state index in [9.17, 15) is 26.7 Å². The van der Waals surface area contributed by atoms with Gasteiger partial charge in [-0.15, -0.1) is 0 Å². The van der Waals surface area contributed by atoms with Crippen LogP contribution in [-0.2, 0) is 17.7 Å². The first-order chi connectivity index (χ1) is 13.7. The van der Waals surface area contributed by atoms with Gasteiger partial charge in [0.05, 0.1) is 5.56 Å². The number of H-pyrrole nitrogens is 1. The zero-order chi connectivity index (χ0) is 21.0. The van der Waals surface area contributed by atoms with Gasteiger partial charge in [-0.2, -0.15) is 23.1 Å². The number of hydrogen-bond acceptors (Lipinski definition) is 5. The number of hydrogen-bond donors (Lipinski definition) is 1. The summed E-state index contributed by atoms with van der Waals surface area (Å²) in [5.74, 6) is -1.26. The first kappa shape index (κ1) is 21.3. The summed E-state index contributed by atoms with van der Waals surface area (Å²) in [6.45, 7) is 0. The smallest absolute Gasteiger partial charge is 0.285 e. The van der Waals surface area contributed by atoms with E-state index in [2.05, 4.69) is 15.0 Å². The van der Waals surface area contributed by atoms with E-state index in [4.69, 9.17) is 0 Å². The fourth-order valence-corrected chi connectivity index (χ4v) is 3.95. The fourth-order valence-electron chi connectivity index (χ4n) is 2.29. The van der Waals surface area contributed by atoms with E-state index < -0.39 is 29.1 Å². The SMILES string of the molecule is O=c1nc(SCc2cc(F)cc(C(F)(F)F)c2)nc(SCc2ccccc2F)[nH]1. The van der Waals surface area contributed by atoms with Crippen LogP contribution in [0.15, 0.2) is 57.6 Å². The molecule has 0 unspecified atom stereocenters. The number of halogens is 5. The van der Waals surface area contributed by atoms with Crippen LogP contribution in [0.2, 0.25) is 0 Å². The second kappa shape index (κ2) is 8.95. The van der Waals surface area contributed by atoms with Gasteiger partial charge in [0.15, 0.2) is 10.3 Å². The van der Waals surface area contributed by atoms with Gasteiger partial charge in [-0.1, -0.05) is 41.7 Å². The maximum atomic E-state index is 13.7. The lowest BCUT2D eigenvalue weighted by molar-refractivity contribution is -0.137. The van der Waals surface area contributed by atoms with Crippen molar-refractivity contribution in [3.8, 4) is 0 Å². The van der Waals surface area contributed by atoms with Gasteiger partial charge in [0.1, 0.15) is 11.6 Å². The van der Waals surface area contributed by atoms with Gasteiger partial charge in [0.2, 0.25) is 0 Å². The van der Waals surface area contributed by atoms with Crippen LogP contribution in [-0.4, -0.2) is 15.0 Å². The molecule has 0 fully saturated rings. The zero-order valence-electron chi connectivity index (χ0n) is 14.5. The van der Waals surface area contributed by atoms with E-state index in [1.807, 2.05) is 0 Å². The molecule has 152 valence electrons. The highest BCUT2D eigenvalue weighted by molar-refractivity contribution is 7.99. The van der Waals surface area contributed by atoms with Gasteiger partial charge in [-0.25, -0.2) is 13.6 Å². The third-order valence-corrected chi connectivity index (χ3v) is 5.42. The molecule has 3 aromatic rings. The standard InChI is InChI=1S/C18H12F5N3OS2/c19-13-6-10(5-12(7-13)18(21,22)23)8-28-16-24-15(27)25-17(26-16)29-9-11-3-1-2-4-14(11)20/h1-7H,8-9H2,(H,24,25,26,27). The van der Waals surface area contributed by atoms with Crippen molar-refractivity contribution in [2.24, 2.45) is 0 Å². The number of nitrogens with zero attached hydrogens (tertiary/aromatic N) is 2. The van der Waals surface area contributed by atoms with E-state index in [0.29, 0.717) is 11.6 Å². The van der Waals surface area contributed by atoms with E-state index in [0.717, 1.165) is 35.7 Å². The van der Waals surface area contributed by atoms with E-state index in [1.54, 1.807) is 18.2 Å². The molecule has 0 saturated heterocycles. The molecule has 0 spiro atoms. The van der Waals surface area contributed by atoms with Crippen molar-refractivity contribution in [3.63, 3.8) is 0 Å². The zero-order valence-corrected chi connectivity index (χ0v) is 16.1. The largest absolute Gasteiger partial charge is 0.416 e. The van der Waals surface area contributed by atoms with Crippen LogP contribution in [0.25, 0.3) is 0 Å². The number of aromatic nitrogens is 3. The van der Waals surface area contributed by atoms with Crippen LogP contribution in [0.4, 0.5) is 22.0 Å². The number of rotatable bonds is 6. The second-order valence-electron chi connectivity index (χ2n) is 5.76. The Labute approximate surface area is 170 Å². The van der Waals surface area contributed by atoms with Crippen molar-refractivity contribution in [1.29, 1.82) is 0 Å². The van der Waals surface area contributed by atoms with Crippen molar-refractivity contribution < 1.29 is 22.0 Å². The van der Waals surface area contributed by atoms with Crippen LogP contribution in [0.5, 0.6) is 0 Å². The van der Waals surface area contributed by atoms with Gasteiger partial charge in [0, 0.05) is 11.5 Å². The Morgan fingerprint density at radius 1 is 0.966 bits per heavy atom. The predicted octanol–water partition coefficient (Wildman–Crippen LogP) is 5.05. The Bertz CT molecular complexity index is 1070. The molecule has 0 amide bonds. The summed E-state index contributed by atoms with van der Waals surface area (Å²) < 4.78 is 65.5. The molecule has 1 N–H and O–H groups in total. The van der Waals surface area contributed by atoms with Crippen molar-refractivity contribution in [2.45, 2.75) is 28.0 Å². The summed E-state index contributed by atoms with van der Waals surface area (Å²) in [4.78, 5) is 21.9. The normalized spacial score (nSPS) is 11.6. The number of thioether (sulfide) groups is 2. The highest BCUT2D eigenvalue weighted by Gasteiger charge is 2.31. The average Bonchev–Trinajstić information content (AvgIpc) is 2.64. The quantitative estimate of drug-likeness (QED) is 0.425. The van der Waals surface area contributed by atoms with Crippen molar-refractivity contribution >= 4 is 23.5 Å². The molecule has 0 saturated carbocycles. The molecule has 1 aromatic heterocycles. The Morgan fingerprint density at radius 3 is 2.45 bits per heavy atom. The van der Waals surface area contributed by atoms with Crippen LogP contribution in [0, 0.1) is 11.6 Å². The molecule has 0 radical (unpaired) electrons. The van der Waals surface area contributed by atoms with Crippen LogP contribution in [0.3, 0.4) is 0 Å². The Hall–Kier alpha value is -2.40. The third-order valence-electron chi connectivity index (χ3n) is 3.58. The van der Waals surface area contributed by atoms with E-state index >= 15 is 0 Å². The number of alkyl halides is 3. The van der Waals surface area contributed by atoms with Gasteiger partial charge in [-0.3, -0.25) is 4.98 Å². The van der Waals surface area contributed by atoms with E-state index in [1.165, 1.54) is 6.07 Å². The van der Waals surface area contributed by atoms with Crippen LogP contribution in [0.1, 0.15) is 16.7 Å². The summed E-state index contributed by atoms with van der Waals surface area (Å²) in [6.07, 6.45) is -4.67. The maximum Gasteiger partial charge on any atom is 0.416 e. The molecule has 1 heterocycles. The highest BCUT2D eigenvalue weighted by atomic mass is 32.2. The predicted molar refractivity (Wildman–Crippen MR) is 99.6 cm³/mol. The van der Waals surface area contributed by atoms with Crippen LogP contribution >= 0.6 is 23.5 Å². The highest BCUT2D eigenvalue weighted by Crippen LogP contribution is 2.32. The topological polar surface area (TPSA) is 58.6 Å². The van der Waals surface area contributed by atoms with E-state index in [-0.39, 0.29) is 27.4 Å². The summed E-state index contributed by atoms with van der Waals surface area (Å²) >= 11 is 1.97. The van der Waals surface area contributed by atoms with Crippen molar-refractivity contribution in [1.82, 2.24) is 15.0 Å². The number of benzene rings is 2. The lowest BCUT2D eigenvalue weighted by atomic mass is 10.1. The summed E-state index contributed by atoms with van der Waals surface area (Å²) in [6, 6.07) is 8.36. The lowest BCUT2D eigenvalue weighted by Gasteiger charge is -2.09. The van der Waals surface area contributed by atoms with Crippen molar-refractivity contribution in [2.75, 3.05) is 0 Å². The maximum absolute atomic E-state index is 13.7. The number of aromatic amines is 1. The minimum absolute atomic E-state index is 0.0163. The molecule has 0 atom stereocenters. The summed E-state index contributed by atoms with van der Waals surface area (Å²) in [5.41, 5.74) is -1.30. The monoisotopic (exact) mass is 445 g/mol. The second-order valence-corrected chi connectivity index (χ2v) is 7.66. The Kier molecular flexibility index (Phi) is 6.58. The Morgan fingerprint density at radius 2 is 1.72 bits per heavy atom. The molecule has 2 aromatic carbocycles. The molecular weight excluding hydrogens is 433 g/mol. The summed E-state index contributed by atoms with van der Waals surface area (Å²) in [5, 5.41) is 0.202. The average molecular weight is 445 g/mol. The van der Waals surface area contributed by atoms with Gasteiger partial charge >= 0.3 is 11.9 Å². The minimum Gasteiger partial charge on any atom is -0.285 e. The van der Waals surface area contributed by atoms with Gasteiger partial charge in [0.25, 0.3) is 0 Å². The molecule has 0 bridgehead atoms. The molecule has 29 heavy (non-hydrogen) atoms. The molecule has 0 aliphatic carbocycles. The third kappa shape index (κ3) is 6.04. The fraction of sp³-hybridized carbons (Fsp3) is 0.167. The summed E-state index contributed by atoms with van der Waals surface area (Å²) in [7, 11) is 0. The minimum atomic E-state index is -4.67. The molecule has 3 rings (SSSR count). The lowest BCUT2D eigenvalue weighted by Crippen LogP contribution is -2.14. The van der Waals surface area contributed by atoms with Crippen LogP contribution < -0.4 is 5.69 Å². The molecule has 0 aliphatic heterocycles. The van der Waals surface area contributed by atoms with Gasteiger partial charge < -0.3 is 0 Å². The first-order valence-corrected chi connectivity index (χ1v) is 10.0. The molecule has 0 aliphatic rings. The molecular formula is C18H12F5N3OS2. The number of nitrogens with one attached hydrogen (secondary N) is 1.